The number of imidazole rings is 1. The van der Waals surface area contributed by atoms with Crippen molar-refractivity contribution in [2.24, 2.45) is 0 Å². The molecule has 9 heteroatoms. The summed E-state index contributed by atoms with van der Waals surface area (Å²) >= 11 is 0. The third-order valence-electron chi connectivity index (χ3n) is 5.58. The van der Waals surface area contributed by atoms with Gasteiger partial charge in [-0.3, -0.25) is 4.90 Å². The maximum Gasteiger partial charge on any atom is 0.416 e. The number of aryl methyl sites for hydroxylation is 1. The van der Waals surface area contributed by atoms with Crippen LogP contribution in [0.15, 0.2) is 24.3 Å². The molecule has 0 radical (unpaired) electrons. The molecule has 6 nitrogen and oxygen atoms in total. The number of carbonyl (C=O) groups excluding carboxylic acids is 1. The number of amides is 1. The lowest BCUT2D eigenvalue weighted by molar-refractivity contribution is -0.137. The Balaban J connectivity index is 1.93. The summed E-state index contributed by atoms with van der Waals surface area (Å²) in [6.45, 7) is 10.5. The van der Waals surface area contributed by atoms with Gasteiger partial charge in [-0.1, -0.05) is 26.0 Å². The molecule has 1 aliphatic rings. The second-order valence-electron chi connectivity index (χ2n) is 9.59. The normalized spacial score (nSPS) is 16.7. The molecule has 1 aromatic heterocycles. The molecule has 0 spiro atoms. The fourth-order valence-corrected chi connectivity index (χ4v) is 4.12. The van der Waals surface area contributed by atoms with Crippen molar-refractivity contribution in [3.63, 3.8) is 0 Å². The van der Waals surface area contributed by atoms with Gasteiger partial charge in [0.2, 0.25) is 5.88 Å². The molecule has 0 saturated heterocycles. The van der Waals surface area contributed by atoms with E-state index >= 15 is 0 Å². The maximum absolute atomic E-state index is 13.0. The van der Waals surface area contributed by atoms with Crippen molar-refractivity contribution in [2.45, 2.75) is 77.7 Å². The van der Waals surface area contributed by atoms with Crippen LogP contribution in [0.3, 0.4) is 0 Å². The molecule has 0 saturated carbocycles. The number of halogens is 3. The van der Waals surface area contributed by atoms with E-state index in [4.69, 9.17) is 9.47 Å². The van der Waals surface area contributed by atoms with Gasteiger partial charge >= 0.3 is 12.3 Å². The highest BCUT2D eigenvalue weighted by molar-refractivity contribution is 5.69. The number of hydrogen-bond donors (Lipinski definition) is 0. The van der Waals surface area contributed by atoms with Crippen LogP contribution < -0.4 is 4.74 Å². The highest BCUT2D eigenvalue weighted by atomic mass is 19.4. The number of ether oxygens (including phenoxy) is 2. The van der Waals surface area contributed by atoms with E-state index in [1.54, 1.807) is 12.0 Å². The monoisotopic (exact) mass is 467 g/mol. The van der Waals surface area contributed by atoms with Crippen molar-refractivity contribution in [1.29, 1.82) is 0 Å². The van der Waals surface area contributed by atoms with Gasteiger partial charge in [0.15, 0.2) is 0 Å². The molecule has 1 amide bonds. The Morgan fingerprint density at radius 1 is 1.15 bits per heavy atom. The molecule has 0 aliphatic carbocycles. The molecular weight excluding hydrogens is 435 g/mol. The number of rotatable bonds is 5. The van der Waals surface area contributed by atoms with Gasteiger partial charge in [0.05, 0.1) is 18.7 Å². The Bertz CT molecular complexity index is 976. The van der Waals surface area contributed by atoms with Gasteiger partial charge in [0.25, 0.3) is 0 Å². The summed E-state index contributed by atoms with van der Waals surface area (Å²) in [5, 5.41) is 0. The van der Waals surface area contributed by atoms with Crippen molar-refractivity contribution in [1.82, 2.24) is 14.5 Å². The smallest absolute Gasteiger partial charge is 0.416 e. The van der Waals surface area contributed by atoms with Crippen LogP contribution in [-0.4, -0.2) is 39.8 Å². The Kier molecular flexibility index (Phi) is 7.00. The summed E-state index contributed by atoms with van der Waals surface area (Å²) in [5.74, 6) is 1.51. The number of alkyl halides is 3. The lowest BCUT2D eigenvalue weighted by atomic mass is 9.99. The molecule has 1 unspecified atom stereocenters. The SMILES string of the molecule is COc1nc(C(C)C)n2c1C(CCc1ccc(C(F)(F)F)cc1)N(C(=O)OC(C)(C)C)CC2. The second kappa shape index (κ2) is 9.27. The Morgan fingerprint density at radius 3 is 2.30 bits per heavy atom. The van der Waals surface area contributed by atoms with E-state index in [0.717, 1.165) is 29.2 Å². The highest BCUT2D eigenvalue weighted by Crippen LogP contribution is 2.39. The highest BCUT2D eigenvalue weighted by Gasteiger charge is 2.38. The Morgan fingerprint density at radius 2 is 1.79 bits per heavy atom. The number of fused-ring (bicyclic) bond motifs is 1. The van der Waals surface area contributed by atoms with Crippen LogP contribution in [0.5, 0.6) is 5.88 Å². The lowest BCUT2D eigenvalue weighted by Crippen LogP contribution is -2.45. The van der Waals surface area contributed by atoms with E-state index < -0.39 is 23.4 Å². The van der Waals surface area contributed by atoms with Gasteiger partial charge in [-0.15, -0.1) is 0 Å². The molecule has 1 aliphatic heterocycles. The molecular formula is C24H32F3N3O3. The van der Waals surface area contributed by atoms with E-state index in [1.165, 1.54) is 12.1 Å². The van der Waals surface area contributed by atoms with E-state index in [2.05, 4.69) is 9.55 Å². The predicted molar refractivity (Wildman–Crippen MR) is 118 cm³/mol. The fraction of sp³-hybridized carbons (Fsp3) is 0.583. The summed E-state index contributed by atoms with van der Waals surface area (Å²) in [6, 6.07) is 4.76. The molecule has 3 rings (SSSR count). The summed E-state index contributed by atoms with van der Waals surface area (Å²) in [4.78, 5) is 19.4. The predicted octanol–water partition coefficient (Wildman–Crippen LogP) is 5.96. The first kappa shape index (κ1) is 24.9. The molecule has 182 valence electrons. The minimum Gasteiger partial charge on any atom is -0.480 e. The van der Waals surface area contributed by atoms with E-state index in [-0.39, 0.29) is 12.0 Å². The van der Waals surface area contributed by atoms with Crippen LogP contribution in [0.4, 0.5) is 18.0 Å². The molecule has 0 bridgehead atoms. The number of benzene rings is 1. The zero-order valence-electron chi connectivity index (χ0n) is 20.0. The Hall–Kier alpha value is -2.71. The molecule has 0 fully saturated rings. The largest absolute Gasteiger partial charge is 0.480 e. The quantitative estimate of drug-likeness (QED) is 0.545. The average molecular weight is 468 g/mol. The van der Waals surface area contributed by atoms with Crippen LogP contribution >= 0.6 is 0 Å². The molecule has 1 aromatic carbocycles. The van der Waals surface area contributed by atoms with Crippen molar-refractivity contribution in [3.8, 4) is 5.88 Å². The maximum atomic E-state index is 13.0. The van der Waals surface area contributed by atoms with E-state index in [9.17, 15) is 18.0 Å². The summed E-state index contributed by atoms with van der Waals surface area (Å²) in [7, 11) is 1.55. The number of hydrogen-bond acceptors (Lipinski definition) is 4. The van der Waals surface area contributed by atoms with Gasteiger partial charge in [-0.05, 0) is 51.3 Å². The zero-order valence-corrected chi connectivity index (χ0v) is 20.0. The van der Waals surface area contributed by atoms with Gasteiger partial charge in [0, 0.05) is 19.0 Å². The topological polar surface area (TPSA) is 56.6 Å². The minimum absolute atomic E-state index is 0.163. The standard InChI is InChI=1S/C24H32F3N3O3/c1-15(2)20-28-21(32-6)19-18(12-9-16-7-10-17(11-8-16)24(25,26)27)29(13-14-30(19)20)22(31)33-23(3,4)5/h7-8,10-11,15,18H,9,12-14H2,1-6H3. The lowest BCUT2D eigenvalue weighted by Gasteiger charge is -2.38. The minimum atomic E-state index is -4.37. The molecule has 0 N–H and O–H groups in total. The van der Waals surface area contributed by atoms with E-state index in [1.807, 2.05) is 34.6 Å². The van der Waals surface area contributed by atoms with Gasteiger partial charge < -0.3 is 14.0 Å². The summed E-state index contributed by atoms with van der Waals surface area (Å²) in [6.07, 6.45) is -3.83. The average Bonchev–Trinajstić information content (AvgIpc) is 3.09. The van der Waals surface area contributed by atoms with Crippen LogP contribution in [0.2, 0.25) is 0 Å². The third-order valence-corrected chi connectivity index (χ3v) is 5.58. The summed E-state index contributed by atoms with van der Waals surface area (Å²) in [5.41, 5.74) is 0.220. The van der Waals surface area contributed by atoms with Crippen LogP contribution in [0.25, 0.3) is 0 Å². The van der Waals surface area contributed by atoms with Crippen molar-refractivity contribution in [2.75, 3.05) is 13.7 Å². The molecule has 2 aromatic rings. The summed E-state index contributed by atoms with van der Waals surface area (Å²) < 4.78 is 52.0. The van der Waals surface area contributed by atoms with Gasteiger partial charge in [-0.2, -0.15) is 18.2 Å². The number of nitrogens with zero attached hydrogens (tertiary/aromatic N) is 3. The fourth-order valence-electron chi connectivity index (χ4n) is 4.12. The van der Waals surface area contributed by atoms with Crippen LogP contribution in [0, 0.1) is 0 Å². The first-order chi connectivity index (χ1) is 15.3. The molecule has 33 heavy (non-hydrogen) atoms. The number of methoxy groups -OCH3 is 1. The second-order valence-corrected chi connectivity index (χ2v) is 9.59. The van der Waals surface area contributed by atoms with Gasteiger partial charge in [0.1, 0.15) is 17.1 Å². The van der Waals surface area contributed by atoms with Crippen molar-refractivity contribution in [3.05, 3.63) is 46.9 Å². The van der Waals surface area contributed by atoms with Gasteiger partial charge in [-0.25, -0.2) is 4.79 Å². The van der Waals surface area contributed by atoms with Crippen LogP contribution in [0.1, 0.15) is 75.6 Å². The van der Waals surface area contributed by atoms with Crippen LogP contribution in [-0.2, 0) is 23.9 Å². The zero-order chi connectivity index (χ0) is 24.6. The number of aromatic nitrogens is 2. The number of carbonyl (C=O) groups is 1. The van der Waals surface area contributed by atoms with Crippen molar-refractivity contribution < 1.29 is 27.4 Å². The first-order valence-electron chi connectivity index (χ1n) is 11.1. The third kappa shape index (κ3) is 5.62. The molecule has 2 heterocycles. The molecule has 1 atom stereocenters. The Labute approximate surface area is 192 Å². The first-order valence-corrected chi connectivity index (χ1v) is 11.1. The van der Waals surface area contributed by atoms with E-state index in [0.29, 0.717) is 31.8 Å². The van der Waals surface area contributed by atoms with Crippen molar-refractivity contribution >= 4 is 6.09 Å².